The van der Waals surface area contributed by atoms with Crippen molar-refractivity contribution in [2.45, 2.75) is 46.5 Å². The molecule has 2 nitrogen and oxygen atoms in total. The van der Waals surface area contributed by atoms with Crippen LogP contribution in [0.25, 0.3) is 0 Å². The number of rotatable bonds is 7. The Kier molecular flexibility index (Phi) is 10.3. The maximum atomic E-state index is 3.45. The minimum absolute atomic E-state index is 0. The van der Waals surface area contributed by atoms with Crippen molar-refractivity contribution in [3.8, 4) is 0 Å². The summed E-state index contributed by atoms with van der Waals surface area (Å²) < 4.78 is 0. The van der Waals surface area contributed by atoms with E-state index >= 15 is 0 Å². The summed E-state index contributed by atoms with van der Waals surface area (Å²) in [4.78, 5) is 2.67. The normalized spacial score (nSPS) is 17.5. The van der Waals surface area contributed by atoms with Gasteiger partial charge in [-0.15, -0.1) is 12.4 Å². The number of halogens is 1. The van der Waals surface area contributed by atoms with Crippen LogP contribution in [0.15, 0.2) is 0 Å². The van der Waals surface area contributed by atoms with Gasteiger partial charge in [-0.05, 0) is 44.3 Å². The summed E-state index contributed by atoms with van der Waals surface area (Å²) >= 11 is 0. The van der Waals surface area contributed by atoms with Crippen molar-refractivity contribution >= 4 is 12.4 Å². The number of piperidine rings is 1. The van der Waals surface area contributed by atoms with E-state index in [-0.39, 0.29) is 12.4 Å². The number of nitrogens with one attached hydrogen (secondary N) is 1. The van der Waals surface area contributed by atoms with E-state index in [1.54, 1.807) is 0 Å². The lowest BCUT2D eigenvalue weighted by atomic mass is 9.96. The van der Waals surface area contributed by atoms with E-state index in [9.17, 15) is 0 Å². The molecule has 0 unspecified atom stereocenters. The third kappa shape index (κ3) is 6.64. The monoisotopic (exact) mass is 262 g/mol. The van der Waals surface area contributed by atoms with Crippen LogP contribution in [0, 0.1) is 11.8 Å². The van der Waals surface area contributed by atoms with Crippen molar-refractivity contribution in [1.82, 2.24) is 10.2 Å². The minimum Gasteiger partial charge on any atom is -0.317 e. The molecule has 0 atom stereocenters. The Morgan fingerprint density at radius 2 is 1.71 bits per heavy atom. The predicted molar refractivity (Wildman–Crippen MR) is 79.0 cm³/mol. The molecule has 1 N–H and O–H groups in total. The third-order valence-electron chi connectivity index (χ3n) is 4.09. The van der Waals surface area contributed by atoms with Gasteiger partial charge in [-0.25, -0.2) is 0 Å². The van der Waals surface area contributed by atoms with Crippen molar-refractivity contribution in [3.05, 3.63) is 0 Å². The van der Waals surface area contributed by atoms with Crippen molar-refractivity contribution in [2.75, 3.05) is 32.7 Å². The number of hydrogen-bond donors (Lipinski definition) is 1. The first-order chi connectivity index (χ1) is 7.80. The topological polar surface area (TPSA) is 15.3 Å². The predicted octanol–water partition coefficient (Wildman–Crippen LogP) is 3.17. The van der Waals surface area contributed by atoms with Gasteiger partial charge in [-0.3, -0.25) is 0 Å². The van der Waals surface area contributed by atoms with Crippen LogP contribution in [0.3, 0.4) is 0 Å². The lowest BCUT2D eigenvalue weighted by Gasteiger charge is -2.31. The Hall–Kier alpha value is 0.210. The molecule has 104 valence electrons. The molecule has 0 radical (unpaired) electrons. The number of nitrogens with zero attached hydrogens (tertiary/aromatic N) is 1. The van der Waals surface area contributed by atoms with Crippen LogP contribution in [0.2, 0.25) is 0 Å². The van der Waals surface area contributed by atoms with E-state index in [4.69, 9.17) is 0 Å². The molecule has 17 heavy (non-hydrogen) atoms. The van der Waals surface area contributed by atoms with Gasteiger partial charge < -0.3 is 10.2 Å². The maximum absolute atomic E-state index is 3.45. The van der Waals surface area contributed by atoms with Crippen molar-refractivity contribution < 1.29 is 0 Å². The van der Waals surface area contributed by atoms with Crippen LogP contribution < -0.4 is 5.32 Å². The van der Waals surface area contributed by atoms with Gasteiger partial charge in [0, 0.05) is 13.1 Å². The molecule has 0 spiro atoms. The van der Waals surface area contributed by atoms with E-state index in [1.165, 1.54) is 58.4 Å². The highest BCUT2D eigenvalue weighted by Crippen LogP contribution is 2.16. The molecule has 0 aliphatic carbocycles. The van der Waals surface area contributed by atoms with E-state index in [0.29, 0.717) is 0 Å². The summed E-state index contributed by atoms with van der Waals surface area (Å²) in [7, 11) is 0. The van der Waals surface area contributed by atoms with Crippen LogP contribution in [0.5, 0.6) is 0 Å². The SMILES string of the molecule is CCC(CC)CN(CC)CC1CCNCC1.Cl. The molecular formula is C14H31ClN2. The first-order valence-corrected chi connectivity index (χ1v) is 7.23. The third-order valence-corrected chi connectivity index (χ3v) is 4.09. The van der Waals surface area contributed by atoms with Gasteiger partial charge in [-0.2, -0.15) is 0 Å². The number of hydrogen-bond acceptors (Lipinski definition) is 2. The van der Waals surface area contributed by atoms with Gasteiger partial charge in [0.1, 0.15) is 0 Å². The molecule has 0 aromatic rings. The Bertz CT molecular complexity index is 166. The summed E-state index contributed by atoms with van der Waals surface area (Å²) in [6.45, 7) is 13.3. The van der Waals surface area contributed by atoms with Gasteiger partial charge in [-0.1, -0.05) is 33.6 Å². The lowest BCUT2D eigenvalue weighted by molar-refractivity contribution is 0.183. The fourth-order valence-electron chi connectivity index (χ4n) is 2.67. The maximum Gasteiger partial charge on any atom is 0.00106 e. The van der Waals surface area contributed by atoms with Gasteiger partial charge in [0.2, 0.25) is 0 Å². The molecule has 1 fully saturated rings. The minimum atomic E-state index is 0. The van der Waals surface area contributed by atoms with Crippen LogP contribution >= 0.6 is 12.4 Å². The largest absolute Gasteiger partial charge is 0.317 e. The zero-order valence-corrected chi connectivity index (χ0v) is 12.7. The molecule has 1 aliphatic rings. The molecule has 0 aromatic carbocycles. The van der Waals surface area contributed by atoms with E-state index in [1.807, 2.05) is 0 Å². The molecule has 1 aliphatic heterocycles. The Morgan fingerprint density at radius 3 is 2.18 bits per heavy atom. The quantitative estimate of drug-likeness (QED) is 0.758. The molecule has 1 saturated heterocycles. The first kappa shape index (κ1) is 17.2. The van der Waals surface area contributed by atoms with Crippen molar-refractivity contribution in [1.29, 1.82) is 0 Å². The van der Waals surface area contributed by atoms with Crippen molar-refractivity contribution in [2.24, 2.45) is 11.8 Å². The average Bonchev–Trinajstić information content (AvgIpc) is 2.35. The molecular weight excluding hydrogens is 232 g/mol. The summed E-state index contributed by atoms with van der Waals surface area (Å²) in [5.41, 5.74) is 0. The molecule has 3 heteroatoms. The molecule has 0 bridgehead atoms. The molecule has 0 amide bonds. The Balaban J connectivity index is 0.00000256. The van der Waals surface area contributed by atoms with Gasteiger partial charge in [0.15, 0.2) is 0 Å². The highest BCUT2D eigenvalue weighted by Gasteiger charge is 2.17. The van der Waals surface area contributed by atoms with Gasteiger partial charge in [0.05, 0.1) is 0 Å². The molecule has 0 saturated carbocycles. The molecule has 1 heterocycles. The summed E-state index contributed by atoms with van der Waals surface area (Å²) in [6, 6.07) is 0. The van der Waals surface area contributed by atoms with Gasteiger partial charge >= 0.3 is 0 Å². The second-order valence-corrected chi connectivity index (χ2v) is 5.23. The molecule has 0 aromatic heterocycles. The first-order valence-electron chi connectivity index (χ1n) is 7.23. The lowest BCUT2D eigenvalue weighted by Crippen LogP contribution is -2.38. The van der Waals surface area contributed by atoms with E-state index in [0.717, 1.165) is 11.8 Å². The second kappa shape index (κ2) is 10.2. The zero-order chi connectivity index (χ0) is 11.8. The van der Waals surface area contributed by atoms with Gasteiger partial charge in [0.25, 0.3) is 0 Å². The van der Waals surface area contributed by atoms with Crippen LogP contribution in [0.4, 0.5) is 0 Å². The summed E-state index contributed by atoms with van der Waals surface area (Å²) in [6.07, 6.45) is 5.41. The zero-order valence-electron chi connectivity index (χ0n) is 11.9. The molecule has 1 rings (SSSR count). The second-order valence-electron chi connectivity index (χ2n) is 5.23. The standard InChI is InChI=1S/C14H30N2.ClH/c1-4-13(5-2)11-16(6-3)12-14-7-9-15-10-8-14;/h13-15H,4-12H2,1-3H3;1H. The summed E-state index contributed by atoms with van der Waals surface area (Å²) in [5.74, 6) is 1.84. The van der Waals surface area contributed by atoms with Crippen LogP contribution in [-0.2, 0) is 0 Å². The Labute approximate surface area is 114 Å². The average molecular weight is 263 g/mol. The highest BCUT2D eigenvalue weighted by atomic mass is 35.5. The van der Waals surface area contributed by atoms with E-state index < -0.39 is 0 Å². The fourth-order valence-corrected chi connectivity index (χ4v) is 2.67. The Morgan fingerprint density at radius 1 is 1.12 bits per heavy atom. The summed E-state index contributed by atoms with van der Waals surface area (Å²) in [5, 5.41) is 3.45. The highest BCUT2D eigenvalue weighted by molar-refractivity contribution is 5.85. The fraction of sp³-hybridized carbons (Fsp3) is 1.00. The van der Waals surface area contributed by atoms with Crippen LogP contribution in [0.1, 0.15) is 46.5 Å². The van der Waals surface area contributed by atoms with E-state index in [2.05, 4.69) is 31.0 Å². The van der Waals surface area contributed by atoms with Crippen LogP contribution in [-0.4, -0.2) is 37.6 Å². The smallest absolute Gasteiger partial charge is 0.00106 e. The van der Waals surface area contributed by atoms with Crippen molar-refractivity contribution in [3.63, 3.8) is 0 Å².